The predicted molar refractivity (Wildman–Crippen MR) is 134 cm³/mol. The highest BCUT2D eigenvalue weighted by Gasteiger charge is 2.16. The average molecular weight is 466 g/mol. The molecule has 5 aromatic heterocycles. The summed E-state index contributed by atoms with van der Waals surface area (Å²) in [6.45, 7) is 1.58. The molecular formula is C26H19N5O2S. The number of methoxy groups -OCH3 is 1. The summed E-state index contributed by atoms with van der Waals surface area (Å²) in [5, 5.41) is 9.76. The number of benzene rings is 1. The van der Waals surface area contributed by atoms with Gasteiger partial charge < -0.3 is 9.72 Å². The lowest BCUT2D eigenvalue weighted by molar-refractivity contribution is 0.102. The van der Waals surface area contributed by atoms with E-state index < -0.39 is 0 Å². The van der Waals surface area contributed by atoms with Crippen LogP contribution < -0.4 is 4.74 Å². The van der Waals surface area contributed by atoms with Gasteiger partial charge in [-0.3, -0.25) is 19.9 Å². The Kier molecular flexibility index (Phi) is 4.74. The van der Waals surface area contributed by atoms with Crippen molar-refractivity contribution in [2.45, 2.75) is 6.92 Å². The molecule has 0 bridgehead atoms. The Morgan fingerprint density at radius 2 is 1.79 bits per heavy atom. The fourth-order valence-electron chi connectivity index (χ4n) is 4.13. The summed E-state index contributed by atoms with van der Waals surface area (Å²) in [6, 6.07) is 14.1. The summed E-state index contributed by atoms with van der Waals surface area (Å²) in [7, 11) is 1.63. The van der Waals surface area contributed by atoms with E-state index in [9.17, 15) is 4.79 Å². The largest absolute Gasteiger partial charge is 0.495 e. The van der Waals surface area contributed by atoms with E-state index in [0.29, 0.717) is 5.75 Å². The van der Waals surface area contributed by atoms with Crippen LogP contribution in [0.2, 0.25) is 0 Å². The molecule has 166 valence electrons. The number of ether oxygens (including phenoxy) is 1. The number of aromatic amines is 2. The molecule has 0 atom stereocenters. The van der Waals surface area contributed by atoms with Gasteiger partial charge in [0.1, 0.15) is 11.4 Å². The van der Waals surface area contributed by atoms with E-state index in [0.717, 1.165) is 59.6 Å². The van der Waals surface area contributed by atoms with Crippen LogP contribution in [0.15, 0.2) is 67.3 Å². The number of aromatic nitrogens is 5. The summed E-state index contributed by atoms with van der Waals surface area (Å²) in [6.07, 6.45) is 7.16. The lowest BCUT2D eigenvalue weighted by Crippen LogP contribution is -1.86. The smallest absolute Gasteiger partial charge is 0.169 e. The number of Topliss-reactive ketones (excluding diaryl/α,β-unsaturated/α-hetero) is 1. The molecule has 7 nitrogen and oxygen atoms in total. The van der Waals surface area contributed by atoms with Crippen LogP contribution in [-0.2, 0) is 0 Å². The molecule has 34 heavy (non-hydrogen) atoms. The third-order valence-corrected chi connectivity index (χ3v) is 7.08. The molecule has 0 spiro atoms. The Hall–Kier alpha value is -4.30. The van der Waals surface area contributed by atoms with Crippen molar-refractivity contribution in [2.75, 3.05) is 7.11 Å². The summed E-state index contributed by atoms with van der Waals surface area (Å²) < 4.78 is 5.33. The molecule has 0 aliphatic heterocycles. The minimum atomic E-state index is 0.0659. The second-order valence-corrected chi connectivity index (χ2v) is 9.08. The van der Waals surface area contributed by atoms with Crippen molar-refractivity contribution in [3.05, 3.63) is 72.1 Å². The van der Waals surface area contributed by atoms with Gasteiger partial charge in [-0.05, 0) is 48.9 Å². The van der Waals surface area contributed by atoms with E-state index in [1.165, 1.54) is 11.3 Å². The van der Waals surface area contributed by atoms with Crippen molar-refractivity contribution in [2.24, 2.45) is 0 Å². The second kappa shape index (κ2) is 7.93. The molecule has 0 aliphatic rings. The van der Waals surface area contributed by atoms with Crippen molar-refractivity contribution in [1.29, 1.82) is 0 Å². The number of hydrogen-bond acceptors (Lipinski definition) is 6. The van der Waals surface area contributed by atoms with Gasteiger partial charge in [0, 0.05) is 39.2 Å². The molecule has 0 saturated heterocycles. The Morgan fingerprint density at radius 3 is 2.62 bits per heavy atom. The number of rotatable bonds is 5. The summed E-state index contributed by atoms with van der Waals surface area (Å²) in [5.74, 6) is 0.776. The van der Waals surface area contributed by atoms with Gasteiger partial charge in [-0.15, -0.1) is 11.3 Å². The highest BCUT2D eigenvalue weighted by Crippen LogP contribution is 2.37. The fraction of sp³-hybridized carbons (Fsp3) is 0.0769. The number of H-pyrrole nitrogens is 2. The summed E-state index contributed by atoms with van der Waals surface area (Å²) in [5.41, 5.74) is 6.54. The Bertz CT molecular complexity index is 1690. The molecule has 5 heterocycles. The topological polar surface area (TPSA) is 96.6 Å². The van der Waals surface area contributed by atoms with E-state index in [-0.39, 0.29) is 5.78 Å². The standard InChI is InChI=1S/C26H19N5O2S/c1-14(32)24-5-6-25(34-24)20-12-28-13-23-18(20)9-22(29-23)26-19-8-15(3-4-21(19)30-31-26)16-7-17(33-2)11-27-10-16/h3-13,29H,1-2H3,(H,30,31). The predicted octanol–water partition coefficient (Wildman–Crippen LogP) is 6.11. The van der Waals surface area contributed by atoms with Crippen LogP contribution in [-0.4, -0.2) is 38.0 Å². The number of pyridine rings is 2. The molecule has 0 saturated carbocycles. The van der Waals surface area contributed by atoms with Gasteiger partial charge in [0.15, 0.2) is 5.78 Å². The molecule has 6 rings (SSSR count). The highest BCUT2D eigenvalue weighted by molar-refractivity contribution is 7.17. The van der Waals surface area contributed by atoms with Crippen LogP contribution in [0.25, 0.3) is 54.8 Å². The van der Waals surface area contributed by atoms with Gasteiger partial charge in [-0.1, -0.05) is 6.07 Å². The van der Waals surface area contributed by atoms with Crippen molar-refractivity contribution in [1.82, 2.24) is 25.1 Å². The number of nitrogens with zero attached hydrogens (tertiary/aromatic N) is 3. The van der Waals surface area contributed by atoms with Crippen molar-refractivity contribution >= 4 is 38.9 Å². The zero-order chi connectivity index (χ0) is 23.2. The fourth-order valence-corrected chi connectivity index (χ4v) is 5.06. The number of fused-ring (bicyclic) bond motifs is 2. The molecule has 6 aromatic rings. The number of carbonyl (C=O) groups is 1. The second-order valence-electron chi connectivity index (χ2n) is 8.00. The molecule has 2 N–H and O–H groups in total. The number of nitrogens with one attached hydrogen (secondary N) is 2. The SMILES string of the molecule is COc1cncc(-c2ccc3[nH]nc(-c4cc5c(-c6ccc(C(C)=O)s6)cncc5[nH]4)c3c2)c1. The molecule has 0 fully saturated rings. The van der Waals surface area contributed by atoms with E-state index in [1.54, 1.807) is 20.2 Å². The third kappa shape index (κ3) is 3.36. The van der Waals surface area contributed by atoms with Gasteiger partial charge in [-0.2, -0.15) is 5.10 Å². The first-order valence-electron chi connectivity index (χ1n) is 10.7. The van der Waals surface area contributed by atoms with Crippen molar-refractivity contribution in [3.63, 3.8) is 0 Å². The number of carbonyl (C=O) groups excluding carboxylic acids is 1. The van der Waals surface area contributed by atoms with Gasteiger partial charge in [-0.25, -0.2) is 0 Å². The molecule has 8 heteroatoms. The maximum atomic E-state index is 11.8. The highest BCUT2D eigenvalue weighted by atomic mass is 32.1. The zero-order valence-electron chi connectivity index (χ0n) is 18.4. The minimum Gasteiger partial charge on any atom is -0.495 e. The monoisotopic (exact) mass is 465 g/mol. The van der Waals surface area contributed by atoms with E-state index >= 15 is 0 Å². The molecule has 0 aliphatic carbocycles. The molecule has 0 amide bonds. The molecule has 1 aromatic carbocycles. The first-order valence-corrected chi connectivity index (χ1v) is 11.5. The quantitative estimate of drug-likeness (QED) is 0.300. The Morgan fingerprint density at radius 1 is 0.912 bits per heavy atom. The van der Waals surface area contributed by atoms with Crippen LogP contribution in [0.4, 0.5) is 0 Å². The van der Waals surface area contributed by atoms with Crippen LogP contribution in [0, 0.1) is 0 Å². The molecule has 0 unspecified atom stereocenters. The van der Waals surface area contributed by atoms with Gasteiger partial charge >= 0.3 is 0 Å². The summed E-state index contributed by atoms with van der Waals surface area (Å²) in [4.78, 5) is 25.7. The van der Waals surface area contributed by atoms with E-state index in [2.05, 4.69) is 37.3 Å². The van der Waals surface area contributed by atoms with Crippen molar-refractivity contribution < 1.29 is 9.53 Å². The van der Waals surface area contributed by atoms with Crippen LogP contribution in [0.5, 0.6) is 5.75 Å². The Labute approximate surface area is 198 Å². The normalized spacial score (nSPS) is 11.4. The summed E-state index contributed by atoms with van der Waals surface area (Å²) >= 11 is 1.48. The third-order valence-electron chi connectivity index (χ3n) is 5.86. The van der Waals surface area contributed by atoms with E-state index in [1.807, 2.05) is 48.9 Å². The average Bonchev–Trinajstić information content (AvgIpc) is 3.61. The number of ketones is 1. The van der Waals surface area contributed by atoms with E-state index in [4.69, 9.17) is 4.74 Å². The van der Waals surface area contributed by atoms with Crippen molar-refractivity contribution in [3.8, 4) is 38.7 Å². The minimum absolute atomic E-state index is 0.0659. The lowest BCUT2D eigenvalue weighted by atomic mass is 10.0. The van der Waals surface area contributed by atoms with Crippen LogP contribution in [0.1, 0.15) is 16.6 Å². The van der Waals surface area contributed by atoms with Crippen LogP contribution >= 0.6 is 11.3 Å². The number of thiophene rings is 1. The molecule has 0 radical (unpaired) electrons. The maximum Gasteiger partial charge on any atom is 0.169 e. The van der Waals surface area contributed by atoms with Gasteiger partial charge in [0.05, 0.1) is 41.1 Å². The molecular weight excluding hydrogens is 446 g/mol. The number of hydrogen-bond donors (Lipinski definition) is 2. The van der Waals surface area contributed by atoms with Gasteiger partial charge in [0.2, 0.25) is 0 Å². The maximum absolute atomic E-state index is 11.8. The zero-order valence-corrected chi connectivity index (χ0v) is 19.2. The first kappa shape index (κ1) is 20.3. The lowest BCUT2D eigenvalue weighted by Gasteiger charge is -2.04. The Balaban J connectivity index is 1.47. The van der Waals surface area contributed by atoms with Gasteiger partial charge in [0.25, 0.3) is 0 Å². The van der Waals surface area contributed by atoms with Crippen LogP contribution in [0.3, 0.4) is 0 Å². The first-order chi connectivity index (χ1) is 16.6.